The first-order chi connectivity index (χ1) is 11.9. The van der Waals surface area contributed by atoms with Gasteiger partial charge in [0.25, 0.3) is 5.91 Å². The van der Waals surface area contributed by atoms with E-state index >= 15 is 0 Å². The van der Waals surface area contributed by atoms with Crippen LogP contribution in [0.5, 0.6) is 5.75 Å². The highest BCUT2D eigenvalue weighted by Gasteiger charge is 2.31. The van der Waals surface area contributed by atoms with E-state index in [1.165, 1.54) is 23.1 Å². The molecule has 0 saturated heterocycles. The van der Waals surface area contributed by atoms with Crippen LogP contribution in [-0.4, -0.2) is 19.1 Å². The highest BCUT2D eigenvalue weighted by atomic mass is 19.4. The molecular weight excluding hydrogens is 338 g/mol. The molecule has 1 heterocycles. The molecule has 7 heteroatoms. The highest BCUT2D eigenvalue weighted by Crippen LogP contribution is 2.32. The van der Waals surface area contributed by atoms with Gasteiger partial charge in [0.15, 0.2) is 6.61 Å². The lowest BCUT2D eigenvalue weighted by Gasteiger charge is -2.29. The molecule has 0 aliphatic carbocycles. The molecule has 0 radical (unpaired) electrons. The van der Waals surface area contributed by atoms with Crippen LogP contribution in [0.15, 0.2) is 42.5 Å². The van der Waals surface area contributed by atoms with E-state index in [0.717, 1.165) is 17.7 Å². The summed E-state index contributed by atoms with van der Waals surface area (Å²) < 4.78 is 57.4. The van der Waals surface area contributed by atoms with Crippen LogP contribution < -0.4 is 9.64 Å². The fourth-order valence-electron chi connectivity index (χ4n) is 2.84. The summed E-state index contributed by atoms with van der Waals surface area (Å²) in [6, 6.07) is 8.92. The molecule has 0 spiro atoms. The number of benzene rings is 2. The van der Waals surface area contributed by atoms with Gasteiger partial charge in [-0.2, -0.15) is 13.2 Å². The quantitative estimate of drug-likeness (QED) is 0.774. The number of aryl methyl sites for hydroxylation is 1. The summed E-state index contributed by atoms with van der Waals surface area (Å²) in [4.78, 5) is 13.7. The normalized spacial score (nSPS) is 14.2. The van der Waals surface area contributed by atoms with Gasteiger partial charge in [0, 0.05) is 6.54 Å². The Bertz CT molecular complexity index is 789. The summed E-state index contributed by atoms with van der Waals surface area (Å²) in [5.74, 6) is -1.05. The maximum Gasteiger partial charge on any atom is 0.416 e. The van der Waals surface area contributed by atoms with Gasteiger partial charge in [-0.25, -0.2) is 4.39 Å². The first-order valence-corrected chi connectivity index (χ1v) is 7.74. The average molecular weight is 353 g/mol. The summed E-state index contributed by atoms with van der Waals surface area (Å²) in [5, 5.41) is 0. The second-order valence-electron chi connectivity index (χ2n) is 5.71. The van der Waals surface area contributed by atoms with Crippen molar-refractivity contribution in [1.82, 2.24) is 0 Å². The summed E-state index contributed by atoms with van der Waals surface area (Å²) in [5.41, 5.74) is 0.108. The van der Waals surface area contributed by atoms with Crippen LogP contribution >= 0.6 is 0 Å². The molecule has 0 saturated carbocycles. The summed E-state index contributed by atoms with van der Waals surface area (Å²) in [6.45, 7) is -0.117. The molecule has 1 amide bonds. The number of halogens is 4. The number of carbonyl (C=O) groups excluding carboxylic acids is 1. The highest BCUT2D eigenvalue weighted by molar-refractivity contribution is 5.95. The molecule has 0 unspecified atom stereocenters. The first-order valence-electron chi connectivity index (χ1n) is 7.74. The van der Waals surface area contributed by atoms with Crippen molar-refractivity contribution in [2.75, 3.05) is 18.1 Å². The predicted octanol–water partition coefficient (Wildman–Crippen LogP) is 4.20. The van der Waals surface area contributed by atoms with Gasteiger partial charge in [0.05, 0.1) is 11.3 Å². The molecule has 3 rings (SSSR count). The molecule has 1 aliphatic rings. The molecule has 132 valence electrons. The smallest absolute Gasteiger partial charge is 0.416 e. The van der Waals surface area contributed by atoms with Crippen molar-refractivity contribution in [3.8, 4) is 5.75 Å². The Morgan fingerprint density at radius 3 is 2.68 bits per heavy atom. The average Bonchev–Trinajstić information content (AvgIpc) is 2.59. The largest absolute Gasteiger partial charge is 0.484 e. The third-order valence-corrected chi connectivity index (χ3v) is 3.99. The van der Waals surface area contributed by atoms with Crippen LogP contribution in [0.3, 0.4) is 0 Å². The van der Waals surface area contributed by atoms with Crippen LogP contribution in [0.1, 0.15) is 17.5 Å². The number of alkyl halides is 3. The fraction of sp³-hybridized carbons (Fsp3) is 0.278. The van der Waals surface area contributed by atoms with Crippen molar-refractivity contribution in [3.63, 3.8) is 0 Å². The summed E-state index contributed by atoms with van der Waals surface area (Å²) in [6.07, 6.45) is -3.13. The summed E-state index contributed by atoms with van der Waals surface area (Å²) >= 11 is 0. The fourth-order valence-corrected chi connectivity index (χ4v) is 2.84. The number of hydrogen-bond acceptors (Lipinski definition) is 2. The molecule has 0 bridgehead atoms. The molecule has 0 N–H and O–H groups in total. The minimum atomic E-state index is -4.49. The minimum Gasteiger partial charge on any atom is -0.484 e. The molecule has 1 aliphatic heterocycles. The van der Waals surface area contributed by atoms with E-state index in [2.05, 4.69) is 0 Å². The maximum absolute atomic E-state index is 14.1. The minimum absolute atomic E-state index is 0.0612. The number of carbonyl (C=O) groups is 1. The number of ether oxygens (including phenoxy) is 1. The van der Waals surface area contributed by atoms with Crippen LogP contribution in [0.25, 0.3) is 0 Å². The Kier molecular flexibility index (Phi) is 4.65. The zero-order valence-electron chi connectivity index (χ0n) is 13.1. The first kappa shape index (κ1) is 17.3. The van der Waals surface area contributed by atoms with Gasteiger partial charge >= 0.3 is 6.18 Å². The lowest BCUT2D eigenvalue weighted by atomic mass is 10.0. The van der Waals surface area contributed by atoms with Gasteiger partial charge in [-0.1, -0.05) is 18.2 Å². The van der Waals surface area contributed by atoms with E-state index in [4.69, 9.17) is 4.74 Å². The Morgan fingerprint density at radius 2 is 1.92 bits per heavy atom. The SMILES string of the molecule is O=C(COc1cccc(C(F)(F)F)c1)N1CCCc2cccc(F)c21. The van der Waals surface area contributed by atoms with Crippen molar-refractivity contribution in [2.45, 2.75) is 19.0 Å². The van der Waals surface area contributed by atoms with Crippen LogP contribution in [0, 0.1) is 5.82 Å². The topological polar surface area (TPSA) is 29.5 Å². The van der Waals surface area contributed by atoms with E-state index in [1.54, 1.807) is 12.1 Å². The predicted molar refractivity (Wildman–Crippen MR) is 84.0 cm³/mol. The molecule has 2 aromatic rings. The maximum atomic E-state index is 14.1. The van der Waals surface area contributed by atoms with Crippen LogP contribution in [0.4, 0.5) is 23.2 Å². The van der Waals surface area contributed by atoms with Crippen molar-refractivity contribution in [2.24, 2.45) is 0 Å². The van der Waals surface area contributed by atoms with Gasteiger partial charge in [-0.05, 0) is 42.7 Å². The number of hydrogen-bond donors (Lipinski definition) is 0. The second kappa shape index (κ2) is 6.74. The summed E-state index contributed by atoms with van der Waals surface area (Å²) in [7, 11) is 0. The molecule has 0 fully saturated rings. The van der Waals surface area contributed by atoms with Crippen molar-refractivity contribution in [1.29, 1.82) is 0 Å². The van der Waals surface area contributed by atoms with Gasteiger partial charge in [0.1, 0.15) is 11.6 Å². The molecular formula is C18H15F4NO2. The van der Waals surface area contributed by atoms with E-state index in [9.17, 15) is 22.4 Å². The van der Waals surface area contributed by atoms with Crippen molar-refractivity contribution < 1.29 is 27.1 Å². The molecule has 2 aromatic carbocycles. The van der Waals surface area contributed by atoms with Gasteiger partial charge < -0.3 is 9.64 Å². The number of anilines is 1. The van der Waals surface area contributed by atoms with E-state index in [-0.39, 0.29) is 11.4 Å². The van der Waals surface area contributed by atoms with Crippen molar-refractivity contribution >= 4 is 11.6 Å². The number of para-hydroxylation sites is 1. The Hall–Kier alpha value is -2.57. The Balaban J connectivity index is 1.73. The number of amides is 1. The molecule has 0 aromatic heterocycles. The second-order valence-corrected chi connectivity index (χ2v) is 5.71. The number of nitrogens with zero attached hydrogens (tertiary/aromatic N) is 1. The standard InChI is InChI=1S/C18H15F4NO2/c19-15-8-1-4-12-5-3-9-23(17(12)15)16(24)11-25-14-7-2-6-13(10-14)18(20,21)22/h1-2,4,6-8,10H,3,5,9,11H2. The third kappa shape index (κ3) is 3.75. The number of fused-ring (bicyclic) bond motifs is 1. The van der Waals surface area contributed by atoms with E-state index in [1.807, 2.05) is 0 Å². The van der Waals surface area contributed by atoms with E-state index < -0.39 is 30.1 Å². The molecule has 25 heavy (non-hydrogen) atoms. The Labute approximate surface area is 141 Å². The van der Waals surface area contributed by atoms with E-state index in [0.29, 0.717) is 19.4 Å². The zero-order valence-corrected chi connectivity index (χ0v) is 13.1. The van der Waals surface area contributed by atoms with Crippen LogP contribution in [-0.2, 0) is 17.4 Å². The van der Waals surface area contributed by atoms with Crippen LogP contribution in [0.2, 0.25) is 0 Å². The van der Waals surface area contributed by atoms with Gasteiger partial charge in [0.2, 0.25) is 0 Å². The lowest BCUT2D eigenvalue weighted by molar-refractivity contribution is -0.137. The van der Waals surface area contributed by atoms with Gasteiger partial charge in [-0.15, -0.1) is 0 Å². The van der Waals surface area contributed by atoms with Gasteiger partial charge in [-0.3, -0.25) is 4.79 Å². The zero-order chi connectivity index (χ0) is 18.0. The Morgan fingerprint density at radius 1 is 1.16 bits per heavy atom. The number of rotatable bonds is 3. The van der Waals surface area contributed by atoms with Crippen molar-refractivity contribution in [3.05, 3.63) is 59.4 Å². The molecule has 3 nitrogen and oxygen atoms in total. The monoisotopic (exact) mass is 353 g/mol. The third-order valence-electron chi connectivity index (χ3n) is 3.99. The molecule has 0 atom stereocenters. The lowest BCUT2D eigenvalue weighted by Crippen LogP contribution is -2.39.